The van der Waals surface area contributed by atoms with Gasteiger partial charge in [0.25, 0.3) is 5.56 Å². The van der Waals surface area contributed by atoms with Crippen LogP contribution in [0.25, 0.3) is 0 Å². The molecule has 110 valence electrons. The van der Waals surface area contributed by atoms with Crippen LogP contribution in [0.5, 0.6) is 5.75 Å². The van der Waals surface area contributed by atoms with Crippen molar-refractivity contribution in [3.8, 4) is 5.75 Å². The molecule has 0 spiro atoms. The fourth-order valence-electron chi connectivity index (χ4n) is 2.08. The van der Waals surface area contributed by atoms with Gasteiger partial charge in [-0.3, -0.25) is 4.79 Å². The predicted octanol–water partition coefficient (Wildman–Crippen LogP) is 2.32. The molecule has 21 heavy (non-hydrogen) atoms. The van der Waals surface area contributed by atoms with Crippen molar-refractivity contribution in [2.24, 2.45) is 0 Å². The molecular formula is C16H17NO4. The molecule has 0 saturated carbocycles. The highest BCUT2D eigenvalue weighted by atomic mass is 16.5. The van der Waals surface area contributed by atoms with Crippen molar-refractivity contribution < 1.29 is 14.6 Å². The van der Waals surface area contributed by atoms with E-state index >= 15 is 0 Å². The number of carboxylic acid groups (broad SMARTS) is 1. The molecule has 0 saturated heterocycles. The second-order valence-corrected chi connectivity index (χ2v) is 4.66. The van der Waals surface area contributed by atoms with Crippen molar-refractivity contribution in [1.29, 1.82) is 0 Å². The lowest BCUT2D eigenvalue weighted by atomic mass is 10.2. The van der Waals surface area contributed by atoms with E-state index in [1.807, 2.05) is 13.0 Å². The predicted molar refractivity (Wildman–Crippen MR) is 79.0 cm³/mol. The Morgan fingerprint density at radius 2 is 1.95 bits per heavy atom. The highest BCUT2D eigenvalue weighted by Crippen LogP contribution is 2.17. The summed E-state index contributed by atoms with van der Waals surface area (Å²) >= 11 is 0. The summed E-state index contributed by atoms with van der Waals surface area (Å²) in [5, 5.41) is 9.05. The van der Waals surface area contributed by atoms with Gasteiger partial charge in [0.1, 0.15) is 11.3 Å². The number of hydrogen-bond acceptors (Lipinski definition) is 3. The topological polar surface area (TPSA) is 68.5 Å². The lowest BCUT2D eigenvalue weighted by Gasteiger charge is -2.11. The molecule has 5 nitrogen and oxygen atoms in total. The van der Waals surface area contributed by atoms with Gasteiger partial charge >= 0.3 is 5.97 Å². The standard InChI is InChI=1S/C16H17NO4/c1-12-6-4-9-15(18)17(12)10-5-11-21-14-8-3-2-7-13(14)16(19)20/h2-4,6-9H,5,10-11H2,1H3,(H,19,20). The van der Waals surface area contributed by atoms with Crippen molar-refractivity contribution in [2.75, 3.05) is 6.61 Å². The molecule has 0 bridgehead atoms. The van der Waals surface area contributed by atoms with E-state index in [1.165, 1.54) is 12.1 Å². The Balaban J connectivity index is 1.94. The molecule has 0 aliphatic heterocycles. The van der Waals surface area contributed by atoms with Crippen LogP contribution in [0.3, 0.4) is 0 Å². The number of ether oxygens (including phenoxy) is 1. The van der Waals surface area contributed by atoms with Crippen molar-refractivity contribution in [3.63, 3.8) is 0 Å². The molecule has 1 heterocycles. The van der Waals surface area contributed by atoms with E-state index in [0.29, 0.717) is 25.3 Å². The quantitative estimate of drug-likeness (QED) is 0.828. The molecule has 0 aliphatic rings. The smallest absolute Gasteiger partial charge is 0.339 e. The van der Waals surface area contributed by atoms with Crippen LogP contribution in [0, 0.1) is 6.92 Å². The molecule has 2 aromatic rings. The van der Waals surface area contributed by atoms with Crippen molar-refractivity contribution in [2.45, 2.75) is 19.9 Å². The zero-order chi connectivity index (χ0) is 15.2. The number of para-hydroxylation sites is 1. The average molecular weight is 287 g/mol. The highest BCUT2D eigenvalue weighted by molar-refractivity contribution is 5.90. The first-order valence-corrected chi connectivity index (χ1v) is 6.71. The number of aryl methyl sites for hydroxylation is 1. The third-order valence-corrected chi connectivity index (χ3v) is 3.17. The van der Waals surface area contributed by atoms with Crippen molar-refractivity contribution >= 4 is 5.97 Å². The van der Waals surface area contributed by atoms with Gasteiger partial charge in [-0.25, -0.2) is 4.79 Å². The molecule has 0 fully saturated rings. The normalized spacial score (nSPS) is 10.3. The second-order valence-electron chi connectivity index (χ2n) is 4.66. The maximum absolute atomic E-state index is 11.7. The van der Waals surface area contributed by atoms with Gasteiger partial charge in [-0.15, -0.1) is 0 Å². The molecule has 0 amide bonds. The fraction of sp³-hybridized carbons (Fsp3) is 0.250. The first-order valence-electron chi connectivity index (χ1n) is 6.71. The number of aromatic carboxylic acids is 1. The van der Waals surface area contributed by atoms with Crippen LogP contribution >= 0.6 is 0 Å². The number of nitrogens with zero attached hydrogens (tertiary/aromatic N) is 1. The summed E-state index contributed by atoms with van der Waals surface area (Å²) in [6.07, 6.45) is 0.624. The Bertz CT molecular complexity index is 691. The minimum atomic E-state index is -1.01. The largest absolute Gasteiger partial charge is 0.493 e. The summed E-state index contributed by atoms with van der Waals surface area (Å²) in [4.78, 5) is 22.7. The highest BCUT2D eigenvalue weighted by Gasteiger charge is 2.09. The summed E-state index contributed by atoms with van der Waals surface area (Å²) in [5.41, 5.74) is 1.000. The molecule has 0 aliphatic carbocycles. The van der Waals surface area contributed by atoms with Gasteiger partial charge in [0.15, 0.2) is 0 Å². The number of hydrogen-bond donors (Lipinski definition) is 1. The lowest BCUT2D eigenvalue weighted by Crippen LogP contribution is -2.22. The molecule has 0 radical (unpaired) electrons. The van der Waals surface area contributed by atoms with E-state index < -0.39 is 5.97 Å². The van der Waals surface area contributed by atoms with Gasteiger partial charge < -0.3 is 14.4 Å². The third kappa shape index (κ3) is 3.72. The summed E-state index contributed by atoms with van der Waals surface area (Å²) in [6, 6.07) is 11.6. The van der Waals surface area contributed by atoms with Gasteiger partial charge in [-0.05, 0) is 31.5 Å². The van der Waals surface area contributed by atoms with Gasteiger partial charge in [-0.1, -0.05) is 18.2 Å². The van der Waals surface area contributed by atoms with E-state index in [4.69, 9.17) is 9.84 Å². The number of carbonyl (C=O) groups is 1. The Morgan fingerprint density at radius 3 is 2.67 bits per heavy atom. The van der Waals surface area contributed by atoms with E-state index in [9.17, 15) is 9.59 Å². The molecule has 0 unspecified atom stereocenters. The Hall–Kier alpha value is -2.56. The third-order valence-electron chi connectivity index (χ3n) is 3.17. The number of carboxylic acids is 1. The average Bonchev–Trinajstić information content (AvgIpc) is 2.46. The molecular weight excluding hydrogens is 270 g/mol. The lowest BCUT2D eigenvalue weighted by molar-refractivity contribution is 0.0692. The first-order chi connectivity index (χ1) is 10.1. The fourth-order valence-corrected chi connectivity index (χ4v) is 2.08. The zero-order valence-corrected chi connectivity index (χ0v) is 11.8. The summed E-state index contributed by atoms with van der Waals surface area (Å²) < 4.78 is 7.18. The van der Waals surface area contributed by atoms with Crippen LogP contribution in [0.2, 0.25) is 0 Å². The van der Waals surface area contributed by atoms with Gasteiger partial charge in [0.05, 0.1) is 6.61 Å². The first kappa shape index (κ1) is 14.8. The van der Waals surface area contributed by atoms with Crippen LogP contribution in [-0.2, 0) is 6.54 Å². The molecule has 1 N–H and O–H groups in total. The van der Waals surface area contributed by atoms with Gasteiger partial charge in [0, 0.05) is 18.3 Å². The van der Waals surface area contributed by atoms with Crippen LogP contribution in [-0.4, -0.2) is 22.2 Å². The molecule has 5 heteroatoms. The van der Waals surface area contributed by atoms with Gasteiger partial charge in [0.2, 0.25) is 0 Å². The minimum absolute atomic E-state index is 0.0408. The molecule has 1 aromatic carbocycles. The van der Waals surface area contributed by atoms with E-state index in [-0.39, 0.29) is 11.1 Å². The second kappa shape index (κ2) is 6.74. The Kier molecular flexibility index (Phi) is 4.77. The van der Waals surface area contributed by atoms with Crippen LogP contribution < -0.4 is 10.3 Å². The summed E-state index contributed by atoms with van der Waals surface area (Å²) in [6.45, 7) is 2.77. The van der Waals surface area contributed by atoms with E-state index in [0.717, 1.165) is 5.69 Å². The molecule has 0 atom stereocenters. The minimum Gasteiger partial charge on any atom is -0.493 e. The van der Waals surface area contributed by atoms with Crippen molar-refractivity contribution in [3.05, 3.63) is 64.1 Å². The Morgan fingerprint density at radius 1 is 1.19 bits per heavy atom. The number of pyridine rings is 1. The Labute approximate surface area is 122 Å². The van der Waals surface area contributed by atoms with Gasteiger partial charge in [-0.2, -0.15) is 0 Å². The number of rotatable bonds is 6. The zero-order valence-electron chi connectivity index (χ0n) is 11.8. The van der Waals surface area contributed by atoms with Crippen LogP contribution in [0.15, 0.2) is 47.3 Å². The van der Waals surface area contributed by atoms with Crippen LogP contribution in [0.1, 0.15) is 22.5 Å². The molecule has 1 aromatic heterocycles. The van der Waals surface area contributed by atoms with Crippen molar-refractivity contribution in [1.82, 2.24) is 4.57 Å². The van der Waals surface area contributed by atoms with Crippen LogP contribution in [0.4, 0.5) is 0 Å². The summed E-state index contributed by atoms with van der Waals surface area (Å²) in [7, 11) is 0. The van der Waals surface area contributed by atoms with E-state index in [1.54, 1.807) is 28.8 Å². The summed E-state index contributed by atoms with van der Waals surface area (Å²) in [5.74, 6) is -0.664. The maximum atomic E-state index is 11.7. The SMILES string of the molecule is Cc1cccc(=O)n1CCCOc1ccccc1C(=O)O. The molecule has 2 rings (SSSR count). The monoisotopic (exact) mass is 287 g/mol. The number of benzene rings is 1. The number of aromatic nitrogens is 1. The van der Waals surface area contributed by atoms with E-state index in [2.05, 4.69) is 0 Å². The maximum Gasteiger partial charge on any atom is 0.339 e.